The Bertz CT molecular complexity index is 376. The van der Waals surface area contributed by atoms with Crippen molar-refractivity contribution in [2.45, 2.75) is 44.3 Å². The number of ether oxygens (including phenoxy) is 1. The number of aldehydes is 1. The van der Waals surface area contributed by atoms with Gasteiger partial charge in [-0.1, -0.05) is 12.5 Å². The molecule has 0 heterocycles. The first-order valence-electron chi connectivity index (χ1n) is 6.97. The lowest BCUT2D eigenvalue weighted by molar-refractivity contribution is -0.139. The highest BCUT2D eigenvalue weighted by Crippen LogP contribution is 2.70. The van der Waals surface area contributed by atoms with Gasteiger partial charge in [0.05, 0.1) is 17.6 Å². The third-order valence-corrected chi connectivity index (χ3v) is 6.08. The standard InChI is InChI=1S/C15H22O3/c1-3-10-11-6-8-14(10,9-16)13(17)15(11)7-4-5-12(15)18-2/h3,9-13,17H,1,4-8H2,2H3/t10-,11+,12-,13-,14+,15-/m0/s1. The lowest BCUT2D eigenvalue weighted by atomic mass is 9.65. The van der Waals surface area contributed by atoms with Crippen molar-refractivity contribution in [3.63, 3.8) is 0 Å². The average molecular weight is 250 g/mol. The molecule has 0 aromatic carbocycles. The highest BCUT2D eigenvalue weighted by Gasteiger charge is 2.72. The summed E-state index contributed by atoms with van der Waals surface area (Å²) in [6, 6.07) is 0. The molecule has 0 aliphatic heterocycles. The van der Waals surface area contributed by atoms with Crippen molar-refractivity contribution in [2.75, 3.05) is 7.11 Å². The van der Waals surface area contributed by atoms with E-state index < -0.39 is 11.5 Å². The maximum Gasteiger partial charge on any atom is 0.129 e. The third kappa shape index (κ3) is 1.11. The van der Waals surface area contributed by atoms with Gasteiger partial charge in [0.2, 0.25) is 0 Å². The van der Waals surface area contributed by atoms with Crippen LogP contribution in [0.4, 0.5) is 0 Å². The van der Waals surface area contributed by atoms with Gasteiger partial charge in [0.25, 0.3) is 0 Å². The molecule has 6 atom stereocenters. The molecule has 3 aliphatic carbocycles. The maximum atomic E-state index is 11.7. The highest BCUT2D eigenvalue weighted by molar-refractivity contribution is 5.65. The minimum absolute atomic E-state index is 0.0991. The summed E-state index contributed by atoms with van der Waals surface area (Å²) in [5.41, 5.74) is -0.791. The van der Waals surface area contributed by atoms with E-state index in [0.717, 1.165) is 38.4 Å². The Balaban J connectivity index is 2.09. The molecule has 0 radical (unpaired) electrons. The summed E-state index contributed by atoms with van der Waals surface area (Å²) < 4.78 is 5.64. The quantitative estimate of drug-likeness (QED) is 0.615. The molecule has 3 heteroatoms. The van der Waals surface area contributed by atoms with Crippen LogP contribution in [0.3, 0.4) is 0 Å². The highest BCUT2D eigenvalue weighted by atomic mass is 16.5. The minimum atomic E-state index is -0.590. The second-order valence-corrected chi connectivity index (χ2v) is 6.27. The number of fused-ring (bicyclic) bond motifs is 3. The fourth-order valence-electron chi connectivity index (χ4n) is 5.43. The number of hydrogen-bond acceptors (Lipinski definition) is 3. The molecule has 0 amide bonds. The van der Waals surface area contributed by atoms with E-state index in [4.69, 9.17) is 4.74 Å². The van der Waals surface area contributed by atoms with Crippen LogP contribution in [0.5, 0.6) is 0 Å². The Morgan fingerprint density at radius 1 is 1.39 bits per heavy atom. The van der Waals surface area contributed by atoms with Crippen molar-refractivity contribution in [3.8, 4) is 0 Å². The van der Waals surface area contributed by atoms with Crippen LogP contribution in [-0.2, 0) is 9.53 Å². The normalized spacial score (nSPS) is 54.1. The van der Waals surface area contributed by atoms with E-state index in [9.17, 15) is 9.90 Å². The average Bonchev–Trinajstić information content (AvgIpc) is 3.03. The zero-order valence-electron chi connectivity index (χ0n) is 11.0. The van der Waals surface area contributed by atoms with Crippen LogP contribution < -0.4 is 0 Å². The predicted molar refractivity (Wildman–Crippen MR) is 68.0 cm³/mol. The third-order valence-electron chi connectivity index (χ3n) is 6.08. The van der Waals surface area contributed by atoms with Crippen LogP contribution in [0.15, 0.2) is 12.7 Å². The van der Waals surface area contributed by atoms with Crippen LogP contribution in [0.1, 0.15) is 32.1 Å². The van der Waals surface area contributed by atoms with E-state index in [2.05, 4.69) is 6.58 Å². The molecule has 100 valence electrons. The van der Waals surface area contributed by atoms with Gasteiger partial charge in [-0.05, 0) is 37.5 Å². The van der Waals surface area contributed by atoms with Gasteiger partial charge in [0.1, 0.15) is 6.29 Å². The van der Waals surface area contributed by atoms with Crippen molar-refractivity contribution in [3.05, 3.63) is 12.7 Å². The zero-order chi connectivity index (χ0) is 13.0. The summed E-state index contributed by atoms with van der Waals surface area (Å²) in [6.07, 6.45) is 7.34. The number of aliphatic hydroxyl groups is 1. The lowest BCUT2D eigenvalue weighted by Gasteiger charge is -2.44. The number of aliphatic hydroxyl groups excluding tert-OH is 1. The molecule has 0 saturated heterocycles. The van der Waals surface area contributed by atoms with E-state index in [0.29, 0.717) is 5.92 Å². The molecule has 0 aromatic heterocycles. The largest absolute Gasteiger partial charge is 0.391 e. The number of rotatable bonds is 3. The Morgan fingerprint density at radius 3 is 2.72 bits per heavy atom. The van der Waals surface area contributed by atoms with E-state index >= 15 is 0 Å². The Kier molecular flexibility index (Phi) is 2.69. The molecule has 1 N–H and O–H groups in total. The summed E-state index contributed by atoms with van der Waals surface area (Å²) >= 11 is 0. The minimum Gasteiger partial charge on any atom is -0.391 e. The van der Waals surface area contributed by atoms with Gasteiger partial charge in [-0.25, -0.2) is 0 Å². The summed E-state index contributed by atoms with van der Waals surface area (Å²) in [5, 5.41) is 10.9. The summed E-state index contributed by atoms with van der Waals surface area (Å²) in [7, 11) is 1.73. The molecule has 3 rings (SSSR count). The fraction of sp³-hybridized carbons (Fsp3) is 0.800. The number of carbonyl (C=O) groups is 1. The van der Waals surface area contributed by atoms with Crippen molar-refractivity contribution in [2.24, 2.45) is 22.7 Å². The summed E-state index contributed by atoms with van der Waals surface area (Å²) in [6.45, 7) is 3.91. The number of carbonyl (C=O) groups excluding carboxylic acids is 1. The molecule has 0 unspecified atom stereocenters. The van der Waals surface area contributed by atoms with E-state index in [-0.39, 0.29) is 17.4 Å². The molecule has 1 spiro atoms. The zero-order valence-corrected chi connectivity index (χ0v) is 11.0. The molecule has 2 bridgehead atoms. The second kappa shape index (κ2) is 3.91. The Hall–Kier alpha value is -0.670. The molecule has 0 aromatic rings. The molecular formula is C15H22O3. The molecule has 3 saturated carbocycles. The second-order valence-electron chi connectivity index (χ2n) is 6.27. The van der Waals surface area contributed by atoms with E-state index in [1.165, 1.54) is 0 Å². The molecular weight excluding hydrogens is 228 g/mol. The molecule has 18 heavy (non-hydrogen) atoms. The maximum absolute atomic E-state index is 11.7. The monoisotopic (exact) mass is 250 g/mol. The van der Waals surface area contributed by atoms with Crippen LogP contribution >= 0.6 is 0 Å². The predicted octanol–water partition coefficient (Wildman–Crippen LogP) is 1.94. The Morgan fingerprint density at radius 2 is 2.17 bits per heavy atom. The first-order valence-corrected chi connectivity index (χ1v) is 6.97. The van der Waals surface area contributed by atoms with Gasteiger partial charge in [-0.15, -0.1) is 6.58 Å². The van der Waals surface area contributed by atoms with Gasteiger partial charge in [-0.2, -0.15) is 0 Å². The molecule has 3 nitrogen and oxygen atoms in total. The lowest BCUT2D eigenvalue weighted by Crippen LogP contribution is -2.50. The van der Waals surface area contributed by atoms with Gasteiger partial charge in [-0.3, -0.25) is 0 Å². The number of methoxy groups -OCH3 is 1. The van der Waals surface area contributed by atoms with E-state index in [1.807, 2.05) is 6.08 Å². The SMILES string of the molecule is C=C[C@H]1[C@H]2CC[C@]1(C=O)[C@H](O)[C@@]21CCC[C@@H]1OC. The van der Waals surface area contributed by atoms with Crippen molar-refractivity contribution < 1.29 is 14.6 Å². The first-order chi connectivity index (χ1) is 8.67. The van der Waals surface area contributed by atoms with Crippen LogP contribution in [0.25, 0.3) is 0 Å². The molecule has 3 fully saturated rings. The number of allylic oxidation sites excluding steroid dienone is 1. The van der Waals surface area contributed by atoms with Crippen molar-refractivity contribution in [1.29, 1.82) is 0 Å². The Labute approximate surface area is 108 Å². The van der Waals surface area contributed by atoms with Crippen LogP contribution in [-0.4, -0.2) is 30.7 Å². The van der Waals surface area contributed by atoms with Gasteiger partial charge in [0, 0.05) is 12.5 Å². The van der Waals surface area contributed by atoms with E-state index in [1.54, 1.807) is 7.11 Å². The number of hydrogen-bond donors (Lipinski definition) is 1. The molecule has 3 aliphatic rings. The first kappa shape index (κ1) is 12.4. The topological polar surface area (TPSA) is 46.5 Å². The van der Waals surface area contributed by atoms with Gasteiger partial charge < -0.3 is 14.6 Å². The summed E-state index contributed by atoms with van der Waals surface area (Å²) in [5.74, 6) is 0.489. The van der Waals surface area contributed by atoms with Crippen molar-refractivity contribution in [1.82, 2.24) is 0 Å². The van der Waals surface area contributed by atoms with Gasteiger partial charge in [0.15, 0.2) is 0 Å². The smallest absolute Gasteiger partial charge is 0.129 e. The summed E-state index contributed by atoms with van der Waals surface area (Å²) in [4.78, 5) is 11.7. The fourth-order valence-corrected chi connectivity index (χ4v) is 5.43. The van der Waals surface area contributed by atoms with Gasteiger partial charge >= 0.3 is 0 Å². The van der Waals surface area contributed by atoms with Crippen LogP contribution in [0.2, 0.25) is 0 Å². The van der Waals surface area contributed by atoms with Crippen molar-refractivity contribution >= 4 is 6.29 Å². The van der Waals surface area contributed by atoms with Crippen LogP contribution in [0, 0.1) is 22.7 Å².